The lowest BCUT2D eigenvalue weighted by atomic mass is 9.99. The van der Waals surface area contributed by atoms with Gasteiger partial charge in [0.25, 0.3) is 5.56 Å². The molecule has 1 fully saturated rings. The second-order valence-corrected chi connectivity index (χ2v) is 5.63. The molecule has 0 saturated carbocycles. The second-order valence-electron chi connectivity index (χ2n) is 4.68. The zero-order valence-corrected chi connectivity index (χ0v) is 10.5. The van der Waals surface area contributed by atoms with Gasteiger partial charge >= 0.3 is 0 Å². The highest BCUT2D eigenvalue weighted by atomic mass is 32.1. The van der Waals surface area contributed by atoms with E-state index in [0.717, 1.165) is 29.7 Å². The van der Waals surface area contributed by atoms with Gasteiger partial charge in [0.05, 0.1) is 5.39 Å². The van der Waals surface area contributed by atoms with Crippen LogP contribution in [0.4, 0.5) is 0 Å². The molecular formula is C13H16N2OS. The van der Waals surface area contributed by atoms with Gasteiger partial charge in [0.1, 0.15) is 0 Å². The smallest absolute Gasteiger partial charge is 0.259 e. The van der Waals surface area contributed by atoms with Crippen molar-refractivity contribution in [3.63, 3.8) is 0 Å². The van der Waals surface area contributed by atoms with Gasteiger partial charge in [-0.25, -0.2) is 0 Å². The first-order valence-electron chi connectivity index (χ1n) is 6.12. The highest BCUT2D eigenvalue weighted by molar-refractivity contribution is 7.17. The van der Waals surface area contributed by atoms with Crippen LogP contribution >= 0.6 is 11.3 Å². The van der Waals surface area contributed by atoms with Gasteiger partial charge in [-0.3, -0.25) is 4.79 Å². The van der Waals surface area contributed by atoms with Crippen LogP contribution in [0.15, 0.2) is 28.5 Å². The van der Waals surface area contributed by atoms with E-state index >= 15 is 0 Å². The van der Waals surface area contributed by atoms with Crippen molar-refractivity contribution in [2.45, 2.75) is 19.4 Å². The number of nitrogens with zero attached hydrogens (tertiary/aromatic N) is 1. The molecule has 0 aliphatic carbocycles. The topological polar surface area (TPSA) is 34.0 Å². The maximum absolute atomic E-state index is 12.2. The molecule has 0 radical (unpaired) electrons. The summed E-state index contributed by atoms with van der Waals surface area (Å²) in [4.78, 5) is 12.2. The number of fused-ring (bicyclic) bond motifs is 1. The lowest BCUT2D eigenvalue weighted by Gasteiger charge is -2.23. The van der Waals surface area contributed by atoms with Gasteiger partial charge in [0.2, 0.25) is 0 Å². The minimum absolute atomic E-state index is 0.161. The summed E-state index contributed by atoms with van der Waals surface area (Å²) in [5.41, 5.74) is 0.161. The third-order valence-corrected chi connectivity index (χ3v) is 4.33. The number of thiophene rings is 1. The summed E-state index contributed by atoms with van der Waals surface area (Å²) in [6, 6.07) is 3.98. The molecule has 1 aliphatic heterocycles. The molecule has 3 heterocycles. The zero-order chi connectivity index (χ0) is 11.7. The summed E-state index contributed by atoms with van der Waals surface area (Å²) in [5.74, 6) is 0.595. The van der Waals surface area contributed by atoms with E-state index in [1.165, 1.54) is 12.8 Å². The highest BCUT2D eigenvalue weighted by Crippen LogP contribution is 2.17. The summed E-state index contributed by atoms with van der Waals surface area (Å²) < 4.78 is 2.96. The zero-order valence-electron chi connectivity index (χ0n) is 9.69. The molecule has 0 amide bonds. The molecule has 1 saturated heterocycles. The molecule has 1 unspecified atom stereocenters. The van der Waals surface area contributed by atoms with Crippen molar-refractivity contribution in [3.8, 4) is 0 Å². The molecule has 3 rings (SSSR count). The Morgan fingerprint density at radius 2 is 2.41 bits per heavy atom. The Kier molecular flexibility index (Phi) is 2.99. The summed E-state index contributed by atoms with van der Waals surface area (Å²) in [5, 5.41) is 6.24. The maximum atomic E-state index is 12.2. The number of nitrogens with one attached hydrogen (secondary N) is 1. The molecule has 0 bridgehead atoms. The van der Waals surface area contributed by atoms with Crippen LogP contribution in [0.1, 0.15) is 12.8 Å². The minimum atomic E-state index is 0.161. The lowest BCUT2D eigenvalue weighted by Crippen LogP contribution is -2.34. The first kappa shape index (κ1) is 11.0. The highest BCUT2D eigenvalue weighted by Gasteiger charge is 2.14. The van der Waals surface area contributed by atoms with Gasteiger partial charge in [-0.05, 0) is 49.4 Å². The van der Waals surface area contributed by atoms with E-state index in [9.17, 15) is 4.79 Å². The first-order chi connectivity index (χ1) is 8.34. The maximum Gasteiger partial charge on any atom is 0.259 e. The van der Waals surface area contributed by atoms with E-state index in [0.29, 0.717) is 5.92 Å². The normalized spacial score (nSPS) is 20.8. The summed E-state index contributed by atoms with van der Waals surface area (Å²) in [6.07, 6.45) is 4.39. The van der Waals surface area contributed by atoms with E-state index in [1.54, 1.807) is 11.3 Å². The minimum Gasteiger partial charge on any atom is -0.316 e. The van der Waals surface area contributed by atoms with Crippen LogP contribution in [-0.2, 0) is 6.54 Å². The molecule has 3 nitrogen and oxygen atoms in total. The molecule has 2 aromatic heterocycles. The summed E-state index contributed by atoms with van der Waals surface area (Å²) in [6.45, 7) is 3.00. The van der Waals surface area contributed by atoms with E-state index in [4.69, 9.17) is 0 Å². The second kappa shape index (κ2) is 4.63. The van der Waals surface area contributed by atoms with Gasteiger partial charge in [0.15, 0.2) is 0 Å². The number of rotatable bonds is 2. The number of hydrogen-bond acceptors (Lipinski definition) is 3. The Labute approximate surface area is 104 Å². The molecule has 0 aromatic carbocycles. The van der Waals surface area contributed by atoms with E-state index < -0.39 is 0 Å². The monoisotopic (exact) mass is 248 g/mol. The molecule has 1 N–H and O–H groups in total. The van der Waals surface area contributed by atoms with Gasteiger partial charge in [-0.1, -0.05) is 0 Å². The van der Waals surface area contributed by atoms with Crippen LogP contribution in [0, 0.1) is 5.92 Å². The fraction of sp³-hybridized carbons (Fsp3) is 0.462. The Balaban J connectivity index is 1.89. The number of piperidine rings is 1. The molecule has 0 spiro atoms. The van der Waals surface area contributed by atoms with Crippen molar-refractivity contribution in [2.75, 3.05) is 13.1 Å². The van der Waals surface area contributed by atoms with Crippen LogP contribution in [-0.4, -0.2) is 17.7 Å². The Morgan fingerprint density at radius 3 is 3.24 bits per heavy atom. The number of pyridine rings is 1. The third-order valence-electron chi connectivity index (χ3n) is 3.45. The van der Waals surface area contributed by atoms with Crippen LogP contribution < -0.4 is 10.9 Å². The van der Waals surface area contributed by atoms with E-state index in [1.807, 2.05) is 22.2 Å². The number of aromatic nitrogens is 1. The van der Waals surface area contributed by atoms with Gasteiger partial charge in [-0.15, -0.1) is 11.3 Å². The molecular weight excluding hydrogens is 232 g/mol. The van der Waals surface area contributed by atoms with Crippen LogP contribution in [0.3, 0.4) is 0 Å². The van der Waals surface area contributed by atoms with Crippen molar-refractivity contribution in [3.05, 3.63) is 34.1 Å². The van der Waals surface area contributed by atoms with Gasteiger partial charge in [0, 0.05) is 17.4 Å². The van der Waals surface area contributed by atoms with Crippen LogP contribution in [0.2, 0.25) is 0 Å². The molecule has 2 aromatic rings. The summed E-state index contributed by atoms with van der Waals surface area (Å²) >= 11 is 1.63. The predicted octanol–water partition coefficient (Wildman–Crippen LogP) is 2.06. The molecule has 1 atom stereocenters. The molecule has 4 heteroatoms. The third kappa shape index (κ3) is 2.15. The Hall–Kier alpha value is -1.13. The van der Waals surface area contributed by atoms with Crippen LogP contribution in [0.5, 0.6) is 0 Å². The Bertz CT molecular complexity index is 566. The summed E-state index contributed by atoms with van der Waals surface area (Å²) in [7, 11) is 0. The fourth-order valence-electron chi connectivity index (χ4n) is 2.51. The van der Waals surface area contributed by atoms with Crippen molar-refractivity contribution in [1.82, 2.24) is 9.88 Å². The average Bonchev–Trinajstić information content (AvgIpc) is 2.83. The largest absolute Gasteiger partial charge is 0.316 e. The van der Waals surface area contributed by atoms with E-state index in [2.05, 4.69) is 11.4 Å². The first-order valence-corrected chi connectivity index (χ1v) is 7.00. The van der Waals surface area contributed by atoms with Crippen molar-refractivity contribution < 1.29 is 0 Å². The van der Waals surface area contributed by atoms with Crippen molar-refractivity contribution in [2.24, 2.45) is 5.92 Å². The van der Waals surface area contributed by atoms with Crippen molar-refractivity contribution >= 4 is 21.4 Å². The molecule has 17 heavy (non-hydrogen) atoms. The Morgan fingerprint density at radius 1 is 1.47 bits per heavy atom. The predicted molar refractivity (Wildman–Crippen MR) is 71.7 cm³/mol. The molecule has 1 aliphatic rings. The van der Waals surface area contributed by atoms with Gasteiger partial charge < -0.3 is 9.88 Å². The SMILES string of the molecule is O=c1c2ccsc2ccn1CC1CCCNC1. The standard InChI is InChI=1S/C13H16N2OS/c16-13-11-4-7-17-12(11)3-6-15(13)9-10-2-1-5-14-8-10/h3-4,6-7,10,14H,1-2,5,8-9H2. The fourth-order valence-corrected chi connectivity index (χ4v) is 3.28. The lowest BCUT2D eigenvalue weighted by molar-refractivity contribution is 0.334. The number of hydrogen-bond donors (Lipinski definition) is 1. The average molecular weight is 248 g/mol. The molecule has 90 valence electrons. The van der Waals surface area contributed by atoms with E-state index in [-0.39, 0.29) is 5.56 Å². The van der Waals surface area contributed by atoms with Crippen LogP contribution in [0.25, 0.3) is 10.1 Å². The van der Waals surface area contributed by atoms with Gasteiger partial charge in [-0.2, -0.15) is 0 Å². The quantitative estimate of drug-likeness (QED) is 0.882. The van der Waals surface area contributed by atoms with Crippen molar-refractivity contribution in [1.29, 1.82) is 0 Å².